The Kier molecular flexibility index (Phi) is 4.80. The Hall–Kier alpha value is -1.55. The van der Waals surface area contributed by atoms with Crippen LogP contribution in [0.4, 0.5) is 5.69 Å². The average Bonchev–Trinajstić information content (AvgIpc) is 2.90. The van der Waals surface area contributed by atoms with E-state index in [1.165, 1.54) is 0 Å². The van der Waals surface area contributed by atoms with E-state index < -0.39 is 0 Å². The predicted octanol–water partition coefficient (Wildman–Crippen LogP) is 2.34. The summed E-state index contributed by atoms with van der Waals surface area (Å²) in [6.45, 7) is 6.47. The Bertz CT molecular complexity index is 440. The molecule has 4 heteroatoms. The van der Waals surface area contributed by atoms with Crippen molar-refractivity contribution in [1.82, 2.24) is 5.32 Å². The zero-order valence-electron chi connectivity index (χ0n) is 11.7. The normalized spacial score (nSPS) is 18.3. The van der Waals surface area contributed by atoms with Crippen molar-refractivity contribution in [2.45, 2.75) is 32.7 Å². The SMILES string of the molecule is CCCNc1ccc(C(=O)NC2CCOC2)cc1C. The third kappa shape index (κ3) is 3.70. The zero-order chi connectivity index (χ0) is 13.7. The van der Waals surface area contributed by atoms with Crippen molar-refractivity contribution in [2.75, 3.05) is 25.1 Å². The smallest absolute Gasteiger partial charge is 0.251 e. The summed E-state index contributed by atoms with van der Waals surface area (Å²) in [5.74, 6) is -0.0133. The minimum Gasteiger partial charge on any atom is -0.385 e. The highest BCUT2D eigenvalue weighted by Gasteiger charge is 2.18. The van der Waals surface area contributed by atoms with E-state index in [0.717, 1.165) is 37.2 Å². The molecule has 2 N–H and O–H groups in total. The molecule has 1 aliphatic rings. The van der Waals surface area contributed by atoms with Crippen molar-refractivity contribution >= 4 is 11.6 Å². The third-order valence-electron chi connectivity index (χ3n) is 3.32. The van der Waals surface area contributed by atoms with Crippen molar-refractivity contribution in [2.24, 2.45) is 0 Å². The molecule has 1 aromatic rings. The molecule has 1 fully saturated rings. The standard InChI is InChI=1S/C15H22N2O2/c1-3-7-16-14-5-4-12(9-11(14)2)15(18)17-13-6-8-19-10-13/h4-5,9,13,16H,3,6-8,10H2,1-2H3,(H,17,18). The van der Waals surface area contributed by atoms with Gasteiger partial charge in [0.05, 0.1) is 12.6 Å². The molecule has 1 unspecified atom stereocenters. The fourth-order valence-electron chi connectivity index (χ4n) is 2.18. The number of carbonyl (C=O) groups is 1. The maximum Gasteiger partial charge on any atom is 0.251 e. The molecular formula is C15H22N2O2. The van der Waals surface area contributed by atoms with Gasteiger partial charge in [-0.05, 0) is 43.5 Å². The maximum atomic E-state index is 12.1. The van der Waals surface area contributed by atoms with E-state index in [9.17, 15) is 4.79 Å². The van der Waals surface area contributed by atoms with Gasteiger partial charge >= 0.3 is 0 Å². The molecule has 0 aliphatic carbocycles. The molecule has 0 spiro atoms. The van der Waals surface area contributed by atoms with Crippen molar-refractivity contribution in [3.63, 3.8) is 0 Å². The second-order valence-electron chi connectivity index (χ2n) is 4.99. The van der Waals surface area contributed by atoms with Crippen LogP contribution in [0.5, 0.6) is 0 Å². The number of amides is 1. The molecule has 1 heterocycles. The highest BCUT2D eigenvalue weighted by Crippen LogP contribution is 2.17. The number of hydrogen-bond donors (Lipinski definition) is 2. The van der Waals surface area contributed by atoms with E-state index in [-0.39, 0.29) is 11.9 Å². The maximum absolute atomic E-state index is 12.1. The van der Waals surface area contributed by atoms with Crippen LogP contribution in [-0.2, 0) is 4.74 Å². The van der Waals surface area contributed by atoms with E-state index >= 15 is 0 Å². The van der Waals surface area contributed by atoms with Crippen LogP contribution in [-0.4, -0.2) is 31.7 Å². The predicted molar refractivity (Wildman–Crippen MR) is 76.6 cm³/mol. The van der Waals surface area contributed by atoms with Crippen LogP contribution in [0.15, 0.2) is 18.2 Å². The summed E-state index contributed by atoms with van der Waals surface area (Å²) in [7, 11) is 0. The van der Waals surface area contributed by atoms with Gasteiger partial charge in [0, 0.05) is 24.4 Å². The van der Waals surface area contributed by atoms with Crippen LogP contribution >= 0.6 is 0 Å². The summed E-state index contributed by atoms with van der Waals surface area (Å²) < 4.78 is 5.26. The van der Waals surface area contributed by atoms with Gasteiger partial charge in [-0.25, -0.2) is 0 Å². The number of carbonyl (C=O) groups excluding carboxylic acids is 1. The van der Waals surface area contributed by atoms with Gasteiger partial charge in [0.2, 0.25) is 0 Å². The Morgan fingerprint density at radius 1 is 1.47 bits per heavy atom. The van der Waals surface area contributed by atoms with Gasteiger partial charge in [0.1, 0.15) is 0 Å². The molecule has 1 aromatic carbocycles. The molecule has 1 amide bonds. The summed E-state index contributed by atoms with van der Waals surface area (Å²) in [6.07, 6.45) is 1.99. The van der Waals surface area contributed by atoms with Crippen LogP contribution in [0, 0.1) is 6.92 Å². The molecule has 2 rings (SSSR count). The second kappa shape index (κ2) is 6.57. The van der Waals surface area contributed by atoms with Gasteiger partial charge in [-0.15, -0.1) is 0 Å². The van der Waals surface area contributed by atoms with Gasteiger partial charge in [0.25, 0.3) is 5.91 Å². The van der Waals surface area contributed by atoms with Gasteiger partial charge in [-0.1, -0.05) is 6.92 Å². The molecule has 1 saturated heterocycles. The highest BCUT2D eigenvalue weighted by molar-refractivity contribution is 5.95. The fourth-order valence-corrected chi connectivity index (χ4v) is 2.18. The van der Waals surface area contributed by atoms with E-state index in [1.807, 2.05) is 25.1 Å². The topological polar surface area (TPSA) is 50.4 Å². The first kappa shape index (κ1) is 13.9. The highest BCUT2D eigenvalue weighted by atomic mass is 16.5. The number of hydrogen-bond acceptors (Lipinski definition) is 3. The van der Waals surface area contributed by atoms with Crippen molar-refractivity contribution in [1.29, 1.82) is 0 Å². The van der Waals surface area contributed by atoms with Crippen LogP contribution in [0.1, 0.15) is 35.7 Å². The molecule has 0 radical (unpaired) electrons. The van der Waals surface area contributed by atoms with Crippen LogP contribution in [0.2, 0.25) is 0 Å². The number of ether oxygens (including phenoxy) is 1. The monoisotopic (exact) mass is 262 g/mol. The van der Waals surface area contributed by atoms with Crippen molar-refractivity contribution in [3.05, 3.63) is 29.3 Å². The lowest BCUT2D eigenvalue weighted by molar-refractivity contribution is 0.0930. The van der Waals surface area contributed by atoms with Crippen LogP contribution < -0.4 is 10.6 Å². The Balaban J connectivity index is 1.99. The number of nitrogens with one attached hydrogen (secondary N) is 2. The van der Waals surface area contributed by atoms with Crippen molar-refractivity contribution in [3.8, 4) is 0 Å². The number of anilines is 1. The number of benzene rings is 1. The fraction of sp³-hybridized carbons (Fsp3) is 0.533. The quantitative estimate of drug-likeness (QED) is 0.856. The summed E-state index contributed by atoms with van der Waals surface area (Å²) >= 11 is 0. The Morgan fingerprint density at radius 3 is 2.95 bits per heavy atom. The second-order valence-corrected chi connectivity index (χ2v) is 4.99. The molecule has 19 heavy (non-hydrogen) atoms. The first-order valence-electron chi connectivity index (χ1n) is 6.94. The lowest BCUT2D eigenvalue weighted by atomic mass is 10.1. The summed E-state index contributed by atoms with van der Waals surface area (Å²) in [4.78, 5) is 12.1. The molecular weight excluding hydrogens is 240 g/mol. The third-order valence-corrected chi connectivity index (χ3v) is 3.32. The molecule has 4 nitrogen and oxygen atoms in total. The lowest BCUT2D eigenvalue weighted by Gasteiger charge is -2.13. The largest absolute Gasteiger partial charge is 0.385 e. The molecule has 0 bridgehead atoms. The average molecular weight is 262 g/mol. The molecule has 104 valence electrons. The van der Waals surface area contributed by atoms with Crippen LogP contribution in [0.25, 0.3) is 0 Å². The van der Waals surface area contributed by atoms with E-state index in [0.29, 0.717) is 12.2 Å². The van der Waals surface area contributed by atoms with Gasteiger partial charge < -0.3 is 15.4 Å². The minimum atomic E-state index is -0.0133. The summed E-state index contributed by atoms with van der Waals surface area (Å²) in [6, 6.07) is 5.94. The molecule has 0 saturated carbocycles. The van der Waals surface area contributed by atoms with Gasteiger partial charge in [-0.3, -0.25) is 4.79 Å². The van der Waals surface area contributed by atoms with Crippen molar-refractivity contribution < 1.29 is 9.53 Å². The van der Waals surface area contributed by atoms with Gasteiger partial charge in [0.15, 0.2) is 0 Å². The molecule has 0 aromatic heterocycles. The van der Waals surface area contributed by atoms with E-state index in [2.05, 4.69) is 17.6 Å². The summed E-state index contributed by atoms with van der Waals surface area (Å²) in [5, 5.41) is 6.35. The molecule has 1 atom stereocenters. The van der Waals surface area contributed by atoms with Crippen LogP contribution in [0.3, 0.4) is 0 Å². The minimum absolute atomic E-state index is 0.0133. The van der Waals surface area contributed by atoms with E-state index in [1.54, 1.807) is 0 Å². The zero-order valence-corrected chi connectivity index (χ0v) is 11.7. The molecule has 1 aliphatic heterocycles. The lowest BCUT2D eigenvalue weighted by Crippen LogP contribution is -2.35. The Labute approximate surface area is 114 Å². The van der Waals surface area contributed by atoms with Gasteiger partial charge in [-0.2, -0.15) is 0 Å². The van der Waals surface area contributed by atoms with E-state index in [4.69, 9.17) is 4.74 Å². The first-order valence-corrected chi connectivity index (χ1v) is 6.94. The number of rotatable bonds is 5. The first-order chi connectivity index (χ1) is 9.20. The summed E-state index contributed by atoms with van der Waals surface area (Å²) in [5.41, 5.74) is 2.91. The number of aryl methyl sites for hydroxylation is 1. The Morgan fingerprint density at radius 2 is 2.32 bits per heavy atom.